The first-order valence-electron chi connectivity index (χ1n) is 8.21. The Kier molecular flexibility index (Phi) is 6.26. The average Bonchev–Trinajstić information content (AvgIpc) is 2.60. The summed E-state index contributed by atoms with van der Waals surface area (Å²) in [6.07, 6.45) is 0.468. The van der Waals surface area contributed by atoms with Crippen LogP contribution in [0.15, 0.2) is 48.5 Å². The number of carbonyl (C=O) groups excluding carboxylic acids is 1. The number of hydrogen-bond acceptors (Lipinski definition) is 4. The number of hydrogen-bond donors (Lipinski definition) is 1. The maximum absolute atomic E-state index is 12.2. The van der Waals surface area contributed by atoms with E-state index in [4.69, 9.17) is 4.74 Å². The van der Waals surface area contributed by atoms with Gasteiger partial charge in [0.15, 0.2) is 6.10 Å². The number of ether oxygens (including phenoxy) is 1. The molecule has 6 nitrogen and oxygen atoms in total. The number of aryl methyl sites for hydroxylation is 1. The third kappa shape index (κ3) is 5.23. The zero-order valence-corrected chi connectivity index (χ0v) is 16.2. The Hall–Kier alpha value is -2.54. The van der Waals surface area contributed by atoms with Gasteiger partial charge >= 0.3 is 0 Å². The zero-order valence-electron chi connectivity index (χ0n) is 15.4. The molecule has 0 bridgehead atoms. The Morgan fingerprint density at radius 1 is 1.15 bits per heavy atom. The van der Waals surface area contributed by atoms with Crippen molar-refractivity contribution in [2.45, 2.75) is 26.5 Å². The molecule has 2 aromatic carbocycles. The van der Waals surface area contributed by atoms with Crippen LogP contribution in [0.4, 0.5) is 5.69 Å². The monoisotopic (exact) mass is 376 g/mol. The van der Waals surface area contributed by atoms with Crippen molar-refractivity contribution in [1.82, 2.24) is 5.32 Å². The van der Waals surface area contributed by atoms with Gasteiger partial charge in [-0.25, -0.2) is 8.42 Å². The van der Waals surface area contributed by atoms with Crippen molar-refractivity contribution in [2.24, 2.45) is 0 Å². The molecule has 0 spiro atoms. The van der Waals surface area contributed by atoms with Gasteiger partial charge in [-0.15, -0.1) is 0 Å². The molecule has 0 aliphatic carbocycles. The highest BCUT2D eigenvalue weighted by molar-refractivity contribution is 7.92. The Labute approximate surface area is 154 Å². The van der Waals surface area contributed by atoms with Crippen molar-refractivity contribution in [3.8, 4) is 5.75 Å². The Morgan fingerprint density at radius 3 is 2.35 bits per heavy atom. The van der Waals surface area contributed by atoms with Crippen LogP contribution >= 0.6 is 0 Å². The second-order valence-electron chi connectivity index (χ2n) is 6.13. The molecule has 2 aromatic rings. The van der Waals surface area contributed by atoms with Gasteiger partial charge in [0, 0.05) is 13.6 Å². The Balaban J connectivity index is 1.93. The maximum Gasteiger partial charge on any atom is 0.261 e. The molecule has 1 atom stereocenters. The van der Waals surface area contributed by atoms with Gasteiger partial charge in [-0.3, -0.25) is 9.10 Å². The van der Waals surface area contributed by atoms with Gasteiger partial charge in [0.05, 0.1) is 11.9 Å². The third-order valence-corrected chi connectivity index (χ3v) is 5.30. The lowest BCUT2D eigenvalue weighted by atomic mass is 10.1. The molecule has 0 heterocycles. The molecule has 0 saturated heterocycles. The molecule has 0 aliphatic heterocycles. The number of sulfonamides is 1. The SMILES string of the molecule is Cc1ccccc1CNC(=O)C(C)Oc1ccc(N(C)S(C)(=O)=O)cc1. The van der Waals surface area contributed by atoms with Crippen LogP contribution < -0.4 is 14.4 Å². The molecule has 140 valence electrons. The Bertz CT molecular complexity index is 863. The number of benzene rings is 2. The second-order valence-corrected chi connectivity index (χ2v) is 8.14. The highest BCUT2D eigenvalue weighted by atomic mass is 32.2. The van der Waals surface area contributed by atoms with Crippen molar-refractivity contribution >= 4 is 21.6 Å². The van der Waals surface area contributed by atoms with Crippen LogP contribution in [0.25, 0.3) is 0 Å². The van der Waals surface area contributed by atoms with E-state index in [0.717, 1.165) is 17.4 Å². The molecular weight excluding hydrogens is 352 g/mol. The lowest BCUT2D eigenvalue weighted by Crippen LogP contribution is -2.36. The van der Waals surface area contributed by atoms with Gasteiger partial charge in [-0.2, -0.15) is 0 Å². The van der Waals surface area contributed by atoms with Crippen LogP contribution in [0, 0.1) is 6.92 Å². The van der Waals surface area contributed by atoms with Gasteiger partial charge in [0.2, 0.25) is 10.0 Å². The van der Waals surface area contributed by atoms with E-state index < -0.39 is 16.1 Å². The van der Waals surface area contributed by atoms with E-state index in [9.17, 15) is 13.2 Å². The molecule has 1 unspecified atom stereocenters. The summed E-state index contributed by atoms with van der Waals surface area (Å²) in [6.45, 7) is 4.11. The fourth-order valence-electron chi connectivity index (χ4n) is 2.32. The second kappa shape index (κ2) is 8.23. The molecule has 1 N–H and O–H groups in total. The van der Waals surface area contributed by atoms with Crippen molar-refractivity contribution in [1.29, 1.82) is 0 Å². The quantitative estimate of drug-likeness (QED) is 0.805. The summed E-state index contributed by atoms with van der Waals surface area (Å²) < 4.78 is 29.9. The van der Waals surface area contributed by atoms with Crippen molar-refractivity contribution in [2.75, 3.05) is 17.6 Å². The molecule has 0 aromatic heterocycles. The minimum Gasteiger partial charge on any atom is -0.481 e. The largest absolute Gasteiger partial charge is 0.481 e. The number of rotatable bonds is 7. The lowest BCUT2D eigenvalue weighted by molar-refractivity contribution is -0.127. The molecule has 0 fully saturated rings. The van der Waals surface area contributed by atoms with Crippen LogP contribution in [-0.4, -0.2) is 33.7 Å². The topological polar surface area (TPSA) is 75.7 Å². The number of amides is 1. The van der Waals surface area contributed by atoms with Gasteiger partial charge in [-0.05, 0) is 49.2 Å². The number of nitrogens with zero attached hydrogens (tertiary/aromatic N) is 1. The first-order valence-corrected chi connectivity index (χ1v) is 10.1. The van der Waals surface area contributed by atoms with Crippen molar-refractivity contribution in [3.63, 3.8) is 0 Å². The van der Waals surface area contributed by atoms with E-state index in [2.05, 4.69) is 5.32 Å². The summed E-state index contributed by atoms with van der Waals surface area (Å²) in [5.41, 5.74) is 2.70. The third-order valence-electron chi connectivity index (χ3n) is 4.09. The van der Waals surface area contributed by atoms with Crippen LogP contribution in [0.1, 0.15) is 18.1 Å². The average molecular weight is 376 g/mol. The standard InChI is InChI=1S/C19H24N2O4S/c1-14-7-5-6-8-16(14)13-20-19(22)15(2)25-18-11-9-17(10-12-18)21(3)26(4,23)24/h5-12,15H,13H2,1-4H3,(H,20,22). The minimum absolute atomic E-state index is 0.217. The first-order chi connectivity index (χ1) is 12.2. The van der Waals surface area contributed by atoms with E-state index in [0.29, 0.717) is 18.0 Å². The van der Waals surface area contributed by atoms with Gasteiger partial charge in [0.25, 0.3) is 5.91 Å². The summed E-state index contributed by atoms with van der Waals surface area (Å²) in [5.74, 6) is 0.278. The van der Waals surface area contributed by atoms with Gasteiger partial charge < -0.3 is 10.1 Å². The first kappa shape index (κ1) is 19.8. The van der Waals surface area contributed by atoms with Gasteiger partial charge in [-0.1, -0.05) is 24.3 Å². The molecule has 0 aliphatic rings. The number of carbonyl (C=O) groups is 1. The molecule has 0 saturated carbocycles. The van der Waals surface area contributed by atoms with E-state index in [1.165, 1.54) is 11.4 Å². The van der Waals surface area contributed by atoms with E-state index in [1.807, 2.05) is 31.2 Å². The summed E-state index contributed by atoms with van der Waals surface area (Å²) >= 11 is 0. The highest BCUT2D eigenvalue weighted by Gasteiger charge is 2.16. The summed E-state index contributed by atoms with van der Waals surface area (Å²) in [7, 11) is -1.84. The van der Waals surface area contributed by atoms with Crippen molar-refractivity contribution < 1.29 is 17.9 Å². The van der Waals surface area contributed by atoms with Crippen LogP contribution in [-0.2, 0) is 21.4 Å². The molecule has 7 heteroatoms. The predicted octanol–water partition coefficient (Wildman–Crippen LogP) is 2.47. The summed E-state index contributed by atoms with van der Waals surface area (Å²) in [4.78, 5) is 12.2. The molecule has 0 radical (unpaired) electrons. The van der Waals surface area contributed by atoms with Crippen molar-refractivity contribution in [3.05, 3.63) is 59.7 Å². The summed E-state index contributed by atoms with van der Waals surface area (Å²) in [6, 6.07) is 14.4. The van der Waals surface area contributed by atoms with Crippen LogP contribution in [0.2, 0.25) is 0 Å². The molecular formula is C19H24N2O4S. The lowest BCUT2D eigenvalue weighted by Gasteiger charge is -2.18. The van der Waals surface area contributed by atoms with E-state index in [-0.39, 0.29) is 5.91 Å². The van der Waals surface area contributed by atoms with Crippen LogP contribution in [0.5, 0.6) is 5.75 Å². The fraction of sp³-hybridized carbons (Fsp3) is 0.316. The number of nitrogens with one attached hydrogen (secondary N) is 1. The predicted molar refractivity (Wildman–Crippen MR) is 103 cm³/mol. The van der Waals surface area contributed by atoms with E-state index in [1.54, 1.807) is 31.2 Å². The fourth-order valence-corrected chi connectivity index (χ4v) is 2.82. The zero-order chi connectivity index (χ0) is 19.3. The maximum atomic E-state index is 12.2. The molecule has 1 amide bonds. The van der Waals surface area contributed by atoms with Crippen LogP contribution in [0.3, 0.4) is 0 Å². The minimum atomic E-state index is -3.31. The molecule has 26 heavy (non-hydrogen) atoms. The van der Waals surface area contributed by atoms with E-state index >= 15 is 0 Å². The summed E-state index contributed by atoms with van der Waals surface area (Å²) in [5, 5.41) is 2.86. The highest BCUT2D eigenvalue weighted by Crippen LogP contribution is 2.21. The molecule has 2 rings (SSSR count). The smallest absolute Gasteiger partial charge is 0.261 e. The van der Waals surface area contributed by atoms with Gasteiger partial charge in [0.1, 0.15) is 5.75 Å². The Morgan fingerprint density at radius 2 is 1.77 bits per heavy atom. The normalized spacial score (nSPS) is 12.3. The number of anilines is 1.